The molecule has 1 saturated heterocycles. The molecule has 0 aliphatic carbocycles. The number of hydrogen-bond acceptors (Lipinski definition) is 4. The summed E-state index contributed by atoms with van der Waals surface area (Å²) < 4.78 is 5.28. The molecule has 0 radical (unpaired) electrons. The summed E-state index contributed by atoms with van der Waals surface area (Å²) in [7, 11) is 0. The van der Waals surface area contributed by atoms with E-state index >= 15 is 0 Å². The maximum Gasteiger partial charge on any atom is 0.407 e. The van der Waals surface area contributed by atoms with Gasteiger partial charge in [-0.25, -0.2) is 9.59 Å². The van der Waals surface area contributed by atoms with E-state index in [-0.39, 0.29) is 17.2 Å². The van der Waals surface area contributed by atoms with Crippen LogP contribution in [0, 0.1) is 0 Å². The number of amides is 1. The molecule has 30 heavy (non-hydrogen) atoms. The van der Waals surface area contributed by atoms with E-state index in [0.717, 1.165) is 32.2 Å². The number of hydrogen-bond donors (Lipinski definition) is 2. The number of aliphatic carboxylic acids is 1. The minimum Gasteiger partial charge on any atom is -0.478 e. The summed E-state index contributed by atoms with van der Waals surface area (Å²) >= 11 is 0. The van der Waals surface area contributed by atoms with Crippen molar-refractivity contribution in [3.8, 4) is 0 Å². The second-order valence-corrected chi connectivity index (χ2v) is 9.53. The van der Waals surface area contributed by atoms with Crippen molar-refractivity contribution in [3.05, 3.63) is 12.2 Å². The lowest BCUT2D eigenvalue weighted by atomic mass is 10.0. The van der Waals surface area contributed by atoms with E-state index in [9.17, 15) is 9.59 Å². The van der Waals surface area contributed by atoms with E-state index in [4.69, 9.17) is 9.84 Å². The third-order valence-electron chi connectivity index (χ3n) is 6.82. The number of carboxylic acid groups (broad SMARTS) is 1. The minimum absolute atomic E-state index is 0.185. The van der Waals surface area contributed by atoms with Gasteiger partial charge in [-0.15, -0.1) is 0 Å². The van der Waals surface area contributed by atoms with Gasteiger partial charge in [-0.05, 0) is 47.0 Å². The molecular formula is C24H44N2O4. The van der Waals surface area contributed by atoms with Gasteiger partial charge in [-0.3, -0.25) is 4.90 Å². The van der Waals surface area contributed by atoms with Crippen LogP contribution in [0.15, 0.2) is 12.2 Å². The van der Waals surface area contributed by atoms with Crippen LogP contribution in [0.4, 0.5) is 4.79 Å². The average Bonchev–Trinajstić information content (AvgIpc) is 3.07. The number of nitrogens with zero attached hydrogens (tertiary/aromatic N) is 1. The second kappa shape index (κ2) is 13.0. The maximum atomic E-state index is 11.7. The largest absolute Gasteiger partial charge is 0.478 e. The lowest BCUT2D eigenvalue weighted by Gasteiger charge is -2.09. The Labute approximate surface area is 183 Å². The fourth-order valence-electron chi connectivity index (χ4n) is 4.04. The molecule has 1 fully saturated rings. The van der Waals surface area contributed by atoms with E-state index in [0.29, 0.717) is 25.1 Å². The predicted molar refractivity (Wildman–Crippen MR) is 122 cm³/mol. The monoisotopic (exact) mass is 424 g/mol. The van der Waals surface area contributed by atoms with Gasteiger partial charge in [0, 0.05) is 29.7 Å². The van der Waals surface area contributed by atoms with Crippen molar-refractivity contribution in [3.63, 3.8) is 0 Å². The van der Waals surface area contributed by atoms with Gasteiger partial charge in [0.05, 0.1) is 0 Å². The molecule has 6 heteroatoms. The van der Waals surface area contributed by atoms with Crippen LogP contribution in [0.5, 0.6) is 0 Å². The van der Waals surface area contributed by atoms with Gasteiger partial charge in [-0.1, -0.05) is 57.9 Å². The Bertz CT molecular complexity index is 543. The van der Waals surface area contributed by atoms with E-state index in [1.807, 2.05) is 0 Å². The molecule has 1 aliphatic rings. The third-order valence-corrected chi connectivity index (χ3v) is 6.82. The molecule has 2 N–H and O–H groups in total. The number of ether oxygens (including phenoxy) is 1. The number of carbonyl (C=O) groups excluding carboxylic acids is 1. The summed E-state index contributed by atoms with van der Waals surface area (Å²) in [6, 6.07) is 0. The fourth-order valence-corrected chi connectivity index (χ4v) is 4.04. The Hall–Kier alpha value is -1.56. The smallest absolute Gasteiger partial charge is 0.407 e. The molecule has 0 saturated carbocycles. The van der Waals surface area contributed by atoms with Gasteiger partial charge < -0.3 is 15.2 Å². The SMILES string of the molecule is C=C(CCCCCCCCCCCCNC(=O)OCCN1C(C)(C)C1(C)C)C(=O)O. The van der Waals surface area contributed by atoms with Crippen LogP contribution < -0.4 is 5.32 Å². The molecule has 0 bridgehead atoms. The van der Waals surface area contributed by atoms with Crippen molar-refractivity contribution in [2.75, 3.05) is 19.7 Å². The highest BCUT2D eigenvalue weighted by Gasteiger charge is 2.62. The molecule has 0 atom stereocenters. The predicted octanol–water partition coefficient (Wildman–Crippen LogP) is 5.52. The molecule has 0 spiro atoms. The van der Waals surface area contributed by atoms with Gasteiger partial charge in [0.1, 0.15) is 6.61 Å². The van der Waals surface area contributed by atoms with Gasteiger partial charge in [0.2, 0.25) is 0 Å². The lowest BCUT2D eigenvalue weighted by Crippen LogP contribution is -2.28. The number of alkyl carbamates (subject to hydrolysis) is 1. The molecule has 0 aromatic rings. The highest BCUT2D eigenvalue weighted by Crippen LogP contribution is 2.50. The number of carboxylic acids is 1. The first-order valence-electron chi connectivity index (χ1n) is 11.7. The first-order valence-corrected chi connectivity index (χ1v) is 11.7. The van der Waals surface area contributed by atoms with Crippen LogP contribution in [-0.2, 0) is 9.53 Å². The Kier molecular flexibility index (Phi) is 11.5. The third kappa shape index (κ3) is 9.07. The Morgan fingerprint density at radius 3 is 1.80 bits per heavy atom. The zero-order valence-corrected chi connectivity index (χ0v) is 19.7. The maximum absolute atomic E-state index is 11.7. The standard InChI is InChI=1S/C24H44N2O4/c1-20(21(27)28)16-14-12-10-8-6-7-9-11-13-15-17-25-22(29)30-19-18-26-23(2,3)24(26,4)5/h1,6-19H2,2-5H3,(H,25,29)(H,27,28). The van der Waals surface area contributed by atoms with Crippen molar-refractivity contribution in [2.24, 2.45) is 0 Å². The van der Waals surface area contributed by atoms with Crippen molar-refractivity contribution < 1.29 is 19.4 Å². The number of unbranched alkanes of at least 4 members (excludes halogenated alkanes) is 9. The topological polar surface area (TPSA) is 78.6 Å². The molecule has 1 heterocycles. The molecule has 1 rings (SSSR count). The van der Waals surface area contributed by atoms with Crippen LogP contribution in [-0.4, -0.2) is 52.8 Å². The first-order chi connectivity index (χ1) is 14.1. The minimum atomic E-state index is -0.873. The van der Waals surface area contributed by atoms with E-state index in [2.05, 4.69) is 44.5 Å². The summed E-state index contributed by atoms with van der Waals surface area (Å²) in [4.78, 5) is 24.7. The molecule has 0 aromatic carbocycles. The van der Waals surface area contributed by atoms with Crippen molar-refractivity contribution >= 4 is 12.1 Å². The first kappa shape index (κ1) is 26.5. The number of nitrogens with one attached hydrogen (secondary N) is 1. The molecule has 0 unspecified atom stereocenters. The highest BCUT2D eigenvalue weighted by atomic mass is 16.5. The second-order valence-electron chi connectivity index (χ2n) is 9.53. The Balaban J connectivity index is 1.81. The van der Waals surface area contributed by atoms with E-state index in [1.165, 1.54) is 38.5 Å². The van der Waals surface area contributed by atoms with E-state index < -0.39 is 5.97 Å². The van der Waals surface area contributed by atoms with Crippen molar-refractivity contribution in [2.45, 2.75) is 109 Å². The summed E-state index contributed by atoms with van der Waals surface area (Å²) in [5.41, 5.74) is 0.691. The van der Waals surface area contributed by atoms with Gasteiger partial charge in [-0.2, -0.15) is 0 Å². The normalized spacial score (nSPS) is 16.8. The molecule has 174 valence electrons. The Morgan fingerprint density at radius 2 is 1.33 bits per heavy atom. The van der Waals surface area contributed by atoms with Crippen LogP contribution in [0.2, 0.25) is 0 Å². The zero-order chi connectivity index (χ0) is 22.6. The van der Waals surface area contributed by atoms with E-state index in [1.54, 1.807) is 0 Å². The lowest BCUT2D eigenvalue weighted by molar-refractivity contribution is -0.132. The van der Waals surface area contributed by atoms with Crippen LogP contribution in [0.25, 0.3) is 0 Å². The number of carbonyl (C=O) groups is 2. The number of rotatable bonds is 17. The molecular weight excluding hydrogens is 380 g/mol. The summed E-state index contributed by atoms with van der Waals surface area (Å²) in [6.07, 6.45) is 11.8. The van der Waals surface area contributed by atoms with Crippen LogP contribution >= 0.6 is 0 Å². The summed E-state index contributed by atoms with van der Waals surface area (Å²) in [5, 5.41) is 11.6. The van der Waals surface area contributed by atoms with Gasteiger partial charge >= 0.3 is 12.1 Å². The highest BCUT2D eigenvalue weighted by molar-refractivity contribution is 5.85. The quantitative estimate of drug-likeness (QED) is 0.183. The molecule has 1 amide bonds. The molecule has 6 nitrogen and oxygen atoms in total. The van der Waals surface area contributed by atoms with Crippen molar-refractivity contribution in [1.82, 2.24) is 10.2 Å². The van der Waals surface area contributed by atoms with Crippen molar-refractivity contribution in [1.29, 1.82) is 0 Å². The van der Waals surface area contributed by atoms with Crippen LogP contribution in [0.1, 0.15) is 98.3 Å². The average molecular weight is 425 g/mol. The molecule has 1 aliphatic heterocycles. The van der Waals surface area contributed by atoms with Crippen LogP contribution in [0.3, 0.4) is 0 Å². The fraction of sp³-hybridized carbons (Fsp3) is 0.833. The van der Waals surface area contributed by atoms with Gasteiger partial charge in [0.25, 0.3) is 0 Å². The molecule has 0 aromatic heterocycles. The Morgan fingerprint density at radius 1 is 0.867 bits per heavy atom. The summed E-state index contributed by atoms with van der Waals surface area (Å²) in [6.45, 7) is 14.3. The van der Waals surface area contributed by atoms with Gasteiger partial charge in [0.15, 0.2) is 0 Å². The summed E-state index contributed by atoms with van der Waals surface area (Å²) in [5.74, 6) is -0.873. The zero-order valence-electron chi connectivity index (χ0n) is 19.7.